The van der Waals surface area contributed by atoms with Crippen molar-refractivity contribution in [2.45, 2.75) is 143 Å². The standard InChI is InChI=1S/C25H49B2N2O4/c1-10-22(11-2,20(31)21(27-26)29-25(33,16-7)17-8)24(14-5,15-6)28-18(9)19(30)23(32,12-3)13-4/h18,21,28-29,32-33H,10-17H2,1-9H3. The van der Waals surface area contributed by atoms with Gasteiger partial charge in [-0.2, -0.15) is 0 Å². The molecule has 0 aromatic carbocycles. The highest BCUT2D eigenvalue weighted by Crippen LogP contribution is 2.45. The molecule has 3 radical (unpaired) electrons. The summed E-state index contributed by atoms with van der Waals surface area (Å²) in [5.41, 5.74) is -4.11. The maximum Gasteiger partial charge on any atom is 0.180 e. The average Bonchev–Trinajstić information content (AvgIpc) is 2.85. The van der Waals surface area contributed by atoms with E-state index in [-0.39, 0.29) is 11.6 Å². The van der Waals surface area contributed by atoms with Gasteiger partial charge in [-0.25, -0.2) is 0 Å². The van der Waals surface area contributed by atoms with Crippen LogP contribution in [0.2, 0.25) is 0 Å². The second kappa shape index (κ2) is 13.4. The number of hydrogen-bond acceptors (Lipinski definition) is 6. The topological polar surface area (TPSA) is 98.7 Å². The second-order valence-corrected chi connectivity index (χ2v) is 9.46. The van der Waals surface area contributed by atoms with E-state index >= 15 is 0 Å². The predicted molar refractivity (Wildman–Crippen MR) is 138 cm³/mol. The first-order valence-corrected chi connectivity index (χ1v) is 13.0. The van der Waals surface area contributed by atoms with Crippen LogP contribution in [0, 0.1) is 5.41 Å². The Balaban J connectivity index is 6.44. The van der Waals surface area contributed by atoms with Gasteiger partial charge in [-0.3, -0.25) is 14.9 Å². The van der Waals surface area contributed by atoms with Gasteiger partial charge in [0, 0.05) is 24.6 Å². The SMILES string of the molecule is [B][B]C(NC(O)(CC)CC)C(=O)C(CC)(CC)C(CC)(CC)NC(C)C(=O)C(O)(CC)CC. The van der Waals surface area contributed by atoms with Crippen LogP contribution in [0.5, 0.6) is 0 Å². The number of rotatable bonds is 18. The Morgan fingerprint density at radius 1 is 0.758 bits per heavy atom. The number of carbonyl (C=O) groups is 2. The molecule has 0 aliphatic rings. The monoisotopic (exact) mass is 463 g/mol. The van der Waals surface area contributed by atoms with E-state index in [9.17, 15) is 19.8 Å². The van der Waals surface area contributed by atoms with E-state index in [2.05, 4.69) is 10.6 Å². The third-order valence-electron chi connectivity index (χ3n) is 8.39. The summed E-state index contributed by atoms with van der Waals surface area (Å²) in [6.07, 6.45) is 3.89. The molecule has 0 spiro atoms. The normalized spacial score (nSPS) is 15.2. The summed E-state index contributed by atoms with van der Waals surface area (Å²) < 4.78 is 0. The molecule has 0 fully saturated rings. The van der Waals surface area contributed by atoms with Crippen LogP contribution < -0.4 is 10.6 Å². The van der Waals surface area contributed by atoms with Crippen LogP contribution in [0.4, 0.5) is 0 Å². The zero-order chi connectivity index (χ0) is 26.1. The molecule has 2 atom stereocenters. The highest BCUT2D eigenvalue weighted by molar-refractivity contribution is 6.92. The van der Waals surface area contributed by atoms with Gasteiger partial charge in [0.05, 0.1) is 13.2 Å². The van der Waals surface area contributed by atoms with Crippen molar-refractivity contribution >= 4 is 26.5 Å². The van der Waals surface area contributed by atoms with E-state index in [0.29, 0.717) is 51.4 Å². The van der Waals surface area contributed by atoms with Crippen molar-refractivity contribution in [3.8, 4) is 0 Å². The fourth-order valence-corrected chi connectivity index (χ4v) is 5.50. The average molecular weight is 463 g/mol. The lowest BCUT2D eigenvalue weighted by Gasteiger charge is -2.52. The highest BCUT2D eigenvalue weighted by atomic mass is 16.3. The molecule has 8 heteroatoms. The van der Waals surface area contributed by atoms with Crippen molar-refractivity contribution in [3.63, 3.8) is 0 Å². The van der Waals surface area contributed by atoms with Gasteiger partial charge in [-0.05, 0) is 58.3 Å². The van der Waals surface area contributed by atoms with Crippen molar-refractivity contribution < 1.29 is 19.8 Å². The molecule has 0 aromatic heterocycles. The molecule has 0 aliphatic carbocycles. The third kappa shape index (κ3) is 6.50. The summed E-state index contributed by atoms with van der Waals surface area (Å²) in [4.78, 5) is 27.3. The van der Waals surface area contributed by atoms with Gasteiger partial charge >= 0.3 is 0 Å². The number of ketones is 2. The van der Waals surface area contributed by atoms with Crippen LogP contribution in [-0.2, 0) is 9.59 Å². The minimum atomic E-state index is -1.39. The Morgan fingerprint density at radius 3 is 1.52 bits per heavy atom. The van der Waals surface area contributed by atoms with E-state index in [4.69, 9.17) is 7.74 Å². The minimum absolute atomic E-state index is 0.0904. The molecule has 189 valence electrons. The van der Waals surface area contributed by atoms with Gasteiger partial charge in [0.2, 0.25) is 0 Å². The summed E-state index contributed by atoms with van der Waals surface area (Å²) in [5.74, 6) is -1.17. The summed E-state index contributed by atoms with van der Waals surface area (Å²) in [7, 11) is 7.27. The van der Waals surface area contributed by atoms with E-state index in [0.717, 1.165) is 0 Å². The van der Waals surface area contributed by atoms with Crippen LogP contribution in [-0.4, -0.2) is 65.5 Å². The predicted octanol–water partition coefficient (Wildman–Crippen LogP) is 3.23. The van der Waals surface area contributed by atoms with Crippen LogP contribution >= 0.6 is 0 Å². The van der Waals surface area contributed by atoms with Crippen molar-refractivity contribution in [1.82, 2.24) is 10.6 Å². The van der Waals surface area contributed by atoms with Crippen molar-refractivity contribution in [3.05, 3.63) is 0 Å². The zero-order valence-electron chi connectivity index (χ0n) is 22.7. The van der Waals surface area contributed by atoms with E-state index in [1.807, 2.05) is 55.4 Å². The highest BCUT2D eigenvalue weighted by Gasteiger charge is 2.54. The summed E-state index contributed by atoms with van der Waals surface area (Å²) in [6, 6.07) is -0.628. The quantitative estimate of drug-likeness (QED) is 0.184. The molecular weight excluding hydrogens is 414 g/mol. The number of hydrogen-bond donors (Lipinski definition) is 4. The molecule has 0 bridgehead atoms. The Hall–Kier alpha value is -0.690. The maximum absolute atomic E-state index is 14.1. The van der Waals surface area contributed by atoms with E-state index in [1.54, 1.807) is 6.92 Å². The second-order valence-electron chi connectivity index (χ2n) is 9.46. The smallest absolute Gasteiger partial charge is 0.180 e. The maximum atomic E-state index is 14.1. The van der Waals surface area contributed by atoms with Crippen LogP contribution in [0.25, 0.3) is 0 Å². The minimum Gasteiger partial charge on any atom is -0.382 e. The van der Waals surface area contributed by atoms with Gasteiger partial charge in [0.25, 0.3) is 0 Å². The Kier molecular flexibility index (Phi) is 13.1. The van der Waals surface area contributed by atoms with Crippen molar-refractivity contribution in [2.24, 2.45) is 5.41 Å². The number of Topliss-reactive ketones (excluding diaryl/α,β-unsaturated/α-hetero) is 2. The van der Waals surface area contributed by atoms with Gasteiger partial charge < -0.3 is 15.5 Å². The molecule has 33 heavy (non-hydrogen) atoms. The molecular formula is C25H49B2N2O4. The summed E-state index contributed by atoms with van der Waals surface area (Å²) >= 11 is 0. The summed E-state index contributed by atoms with van der Waals surface area (Å²) in [5, 5.41) is 28.3. The molecule has 0 aromatic rings. The number of nitrogens with one attached hydrogen (secondary N) is 2. The Morgan fingerprint density at radius 2 is 1.21 bits per heavy atom. The Labute approximate surface area is 205 Å². The van der Waals surface area contributed by atoms with E-state index in [1.165, 1.54) is 7.17 Å². The largest absolute Gasteiger partial charge is 0.382 e. The summed E-state index contributed by atoms with van der Waals surface area (Å²) in [6.45, 7) is 17.1. The van der Waals surface area contributed by atoms with Gasteiger partial charge in [-0.1, -0.05) is 55.4 Å². The first-order valence-electron chi connectivity index (χ1n) is 13.0. The fraction of sp³-hybridized carbons (Fsp3) is 0.920. The lowest BCUT2D eigenvalue weighted by atomic mass is 9.45. The molecule has 0 heterocycles. The number of aliphatic hydroxyl groups is 2. The molecule has 0 rings (SSSR count). The first-order chi connectivity index (χ1) is 15.4. The van der Waals surface area contributed by atoms with E-state index < -0.39 is 34.3 Å². The van der Waals surface area contributed by atoms with Crippen molar-refractivity contribution in [2.75, 3.05) is 0 Å². The van der Waals surface area contributed by atoms with Gasteiger partial charge in [0.15, 0.2) is 5.78 Å². The lowest BCUT2D eigenvalue weighted by molar-refractivity contribution is -0.144. The molecule has 0 saturated carbocycles. The van der Waals surface area contributed by atoms with Crippen LogP contribution in [0.3, 0.4) is 0 Å². The van der Waals surface area contributed by atoms with Gasteiger partial charge in [0.1, 0.15) is 17.1 Å². The van der Waals surface area contributed by atoms with Gasteiger partial charge in [-0.15, -0.1) is 0 Å². The molecule has 0 amide bonds. The number of carbonyl (C=O) groups excluding carboxylic acids is 2. The molecule has 6 nitrogen and oxygen atoms in total. The van der Waals surface area contributed by atoms with Crippen LogP contribution in [0.1, 0.15) is 114 Å². The Bertz CT molecular complexity index is 614. The molecule has 2 unspecified atom stereocenters. The van der Waals surface area contributed by atoms with Crippen molar-refractivity contribution in [1.29, 1.82) is 0 Å². The molecule has 0 aliphatic heterocycles. The fourth-order valence-electron chi connectivity index (χ4n) is 5.50. The third-order valence-corrected chi connectivity index (χ3v) is 8.39. The lowest BCUT2D eigenvalue weighted by Crippen LogP contribution is -2.69. The van der Waals surface area contributed by atoms with Crippen LogP contribution in [0.15, 0.2) is 0 Å². The first kappa shape index (κ1) is 32.3. The zero-order valence-corrected chi connectivity index (χ0v) is 22.7. The molecule has 0 saturated heterocycles. The molecule has 4 N–H and O–H groups in total.